The van der Waals surface area contributed by atoms with Gasteiger partial charge >= 0.3 is 5.97 Å². The van der Waals surface area contributed by atoms with Crippen LogP contribution in [0.25, 0.3) is 0 Å². The van der Waals surface area contributed by atoms with E-state index in [1.165, 1.54) is 0 Å². The molecule has 108 valence electrons. The molecule has 0 aromatic rings. The van der Waals surface area contributed by atoms with E-state index in [0.717, 1.165) is 19.3 Å². The second-order valence-corrected chi connectivity index (χ2v) is 5.32. The quantitative estimate of drug-likeness (QED) is 0.404. The van der Waals surface area contributed by atoms with Gasteiger partial charge in [-0.15, -0.1) is 0 Å². The Bertz CT molecular complexity index is 339. The molecule has 5 atom stereocenters. The highest BCUT2D eigenvalue weighted by atomic mass is 16.8. The van der Waals surface area contributed by atoms with Crippen LogP contribution in [-0.4, -0.2) is 25.2 Å². The maximum absolute atomic E-state index is 12.1. The first-order valence-corrected chi connectivity index (χ1v) is 7.29. The lowest BCUT2D eigenvalue weighted by Gasteiger charge is -2.23. The summed E-state index contributed by atoms with van der Waals surface area (Å²) < 4.78 is 16.4. The predicted octanol–water partition coefficient (Wildman–Crippen LogP) is 2.88. The first kappa shape index (κ1) is 14.5. The molecule has 2 bridgehead atoms. The second kappa shape index (κ2) is 6.53. The fourth-order valence-electron chi connectivity index (χ4n) is 2.98. The minimum Gasteiger partial charge on any atom is -0.436 e. The van der Waals surface area contributed by atoms with Crippen molar-refractivity contribution in [2.75, 3.05) is 6.61 Å². The third kappa shape index (κ3) is 3.57. The standard InChI is InChI=1S/C15H24O4/c1-4-14(17-5-2)18-10(3)19-15(16)13-9-11-6-7-12(13)8-11/h6-7,10-14H,4-5,8-9H2,1-3H3. The Morgan fingerprint density at radius 3 is 2.63 bits per heavy atom. The highest BCUT2D eigenvalue weighted by Crippen LogP contribution is 2.44. The lowest BCUT2D eigenvalue weighted by molar-refractivity contribution is -0.236. The number of esters is 1. The number of fused-ring (bicyclic) bond motifs is 2. The summed E-state index contributed by atoms with van der Waals surface area (Å²) >= 11 is 0. The van der Waals surface area contributed by atoms with Crippen LogP contribution in [0.1, 0.15) is 40.0 Å². The average Bonchev–Trinajstić information content (AvgIpc) is 3.00. The first-order valence-electron chi connectivity index (χ1n) is 7.29. The van der Waals surface area contributed by atoms with E-state index < -0.39 is 6.29 Å². The Morgan fingerprint density at radius 1 is 1.32 bits per heavy atom. The van der Waals surface area contributed by atoms with E-state index in [1.807, 2.05) is 13.8 Å². The highest BCUT2D eigenvalue weighted by molar-refractivity contribution is 5.74. The van der Waals surface area contributed by atoms with Gasteiger partial charge in [0.2, 0.25) is 6.29 Å². The van der Waals surface area contributed by atoms with Crippen LogP contribution in [0.4, 0.5) is 0 Å². The Morgan fingerprint density at radius 2 is 2.11 bits per heavy atom. The van der Waals surface area contributed by atoms with Gasteiger partial charge in [0.05, 0.1) is 5.92 Å². The van der Waals surface area contributed by atoms with E-state index in [1.54, 1.807) is 6.92 Å². The van der Waals surface area contributed by atoms with Gasteiger partial charge in [0.1, 0.15) is 0 Å². The fourth-order valence-corrected chi connectivity index (χ4v) is 2.98. The van der Waals surface area contributed by atoms with Gasteiger partial charge in [0, 0.05) is 6.61 Å². The lowest BCUT2D eigenvalue weighted by atomic mass is 9.94. The molecule has 5 unspecified atom stereocenters. The first-order chi connectivity index (χ1) is 9.13. The monoisotopic (exact) mass is 268 g/mol. The van der Waals surface area contributed by atoms with Crippen LogP contribution in [0.15, 0.2) is 12.2 Å². The van der Waals surface area contributed by atoms with Crippen molar-refractivity contribution in [2.45, 2.75) is 52.6 Å². The molecule has 0 N–H and O–H groups in total. The highest BCUT2D eigenvalue weighted by Gasteiger charge is 2.41. The SMILES string of the molecule is CCOC(CC)OC(C)OC(=O)C1CC2C=CC1C2. The lowest BCUT2D eigenvalue weighted by Crippen LogP contribution is -2.30. The van der Waals surface area contributed by atoms with E-state index >= 15 is 0 Å². The molecular weight excluding hydrogens is 244 g/mol. The van der Waals surface area contributed by atoms with Crippen LogP contribution in [0, 0.1) is 17.8 Å². The summed E-state index contributed by atoms with van der Waals surface area (Å²) in [6.45, 7) is 6.25. The zero-order valence-corrected chi connectivity index (χ0v) is 12.0. The Kier molecular flexibility index (Phi) is 4.99. The number of rotatable bonds is 7. The molecule has 19 heavy (non-hydrogen) atoms. The van der Waals surface area contributed by atoms with Gasteiger partial charge in [-0.3, -0.25) is 4.79 Å². The number of hydrogen-bond acceptors (Lipinski definition) is 4. The average molecular weight is 268 g/mol. The third-order valence-corrected chi connectivity index (χ3v) is 3.89. The maximum Gasteiger partial charge on any atom is 0.311 e. The summed E-state index contributed by atoms with van der Waals surface area (Å²) in [5, 5.41) is 0. The molecule has 2 aliphatic carbocycles. The van der Waals surface area contributed by atoms with Gasteiger partial charge in [0.15, 0.2) is 6.29 Å². The van der Waals surface area contributed by atoms with Gasteiger partial charge in [-0.2, -0.15) is 0 Å². The summed E-state index contributed by atoms with van der Waals surface area (Å²) in [4.78, 5) is 12.1. The van der Waals surface area contributed by atoms with Gasteiger partial charge in [-0.05, 0) is 44.9 Å². The van der Waals surface area contributed by atoms with Crippen LogP contribution in [0.5, 0.6) is 0 Å². The molecule has 0 spiro atoms. The van der Waals surface area contributed by atoms with Crippen molar-refractivity contribution in [3.05, 3.63) is 12.2 Å². The molecule has 2 aliphatic rings. The van der Waals surface area contributed by atoms with Crippen LogP contribution in [0.2, 0.25) is 0 Å². The molecule has 0 aromatic carbocycles. The van der Waals surface area contributed by atoms with Gasteiger partial charge in [-0.25, -0.2) is 0 Å². The van der Waals surface area contributed by atoms with Gasteiger partial charge in [0.25, 0.3) is 0 Å². The normalized spacial score (nSPS) is 31.4. The van der Waals surface area contributed by atoms with Crippen molar-refractivity contribution < 1.29 is 19.0 Å². The van der Waals surface area contributed by atoms with Crippen molar-refractivity contribution in [3.8, 4) is 0 Å². The minimum atomic E-state index is -0.549. The molecular formula is C15H24O4. The molecule has 2 rings (SSSR count). The number of carbonyl (C=O) groups is 1. The van der Waals surface area contributed by atoms with Gasteiger partial charge in [-0.1, -0.05) is 19.1 Å². The largest absolute Gasteiger partial charge is 0.436 e. The second-order valence-electron chi connectivity index (χ2n) is 5.32. The smallest absolute Gasteiger partial charge is 0.311 e. The molecule has 1 saturated carbocycles. The van der Waals surface area contributed by atoms with Crippen molar-refractivity contribution in [2.24, 2.45) is 17.8 Å². The van der Waals surface area contributed by atoms with Crippen molar-refractivity contribution in [1.82, 2.24) is 0 Å². The van der Waals surface area contributed by atoms with Crippen LogP contribution in [-0.2, 0) is 19.0 Å². The summed E-state index contributed by atoms with van der Waals surface area (Å²) in [6.07, 6.45) is 6.30. The number of ether oxygens (including phenoxy) is 3. The molecule has 0 saturated heterocycles. The van der Waals surface area contributed by atoms with Crippen LogP contribution >= 0.6 is 0 Å². The Hall–Kier alpha value is -0.870. The summed E-state index contributed by atoms with van der Waals surface area (Å²) in [5.41, 5.74) is 0. The van der Waals surface area contributed by atoms with E-state index in [4.69, 9.17) is 14.2 Å². The maximum atomic E-state index is 12.1. The number of hydrogen-bond donors (Lipinski definition) is 0. The van der Waals surface area contributed by atoms with Crippen LogP contribution < -0.4 is 0 Å². The van der Waals surface area contributed by atoms with E-state index in [0.29, 0.717) is 18.4 Å². The molecule has 1 fully saturated rings. The van der Waals surface area contributed by atoms with E-state index in [2.05, 4.69) is 12.2 Å². The molecule has 0 heterocycles. The number of carbonyl (C=O) groups excluding carboxylic acids is 1. The summed E-state index contributed by atoms with van der Waals surface area (Å²) in [5.74, 6) is 0.841. The molecule has 4 nitrogen and oxygen atoms in total. The topological polar surface area (TPSA) is 44.8 Å². The molecule has 0 amide bonds. The molecule has 0 aromatic heterocycles. The predicted molar refractivity (Wildman–Crippen MR) is 71.2 cm³/mol. The number of allylic oxidation sites excluding steroid dienone is 2. The fraction of sp³-hybridized carbons (Fsp3) is 0.800. The Balaban J connectivity index is 1.77. The molecule has 4 heteroatoms. The summed E-state index contributed by atoms with van der Waals surface area (Å²) in [7, 11) is 0. The van der Waals surface area contributed by atoms with Crippen molar-refractivity contribution in [3.63, 3.8) is 0 Å². The van der Waals surface area contributed by atoms with Crippen LogP contribution in [0.3, 0.4) is 0 Å². The Labute approximate surface area is 115 Å². The molecule has 0 radical (unpaired) electrons. The third-order valence-electron chi connectivity index (χ3n) is 3.89. The minimum absolute atomic E-state index is 0.0215. The zero-order chi connectivity index (χ0) is 13.8. The van der Waals surface area contributed by atoms with Gasteiger partial charge < -0.3 is 14.2 Å². The molecule has 0 aliphatic heterocycles. The zero-order valence-electron chi connectivity index (χ0n) is 12.0. The van der Waals surface area contributed by atoms with E-state index in [9.17, 15) is 4.79 Å². The van der Waals surface area contributed by atoms with Crippen molar-refractivity contribution >= 4 is 5.97 Å². The van der Waals surface area contributed by atoms with Crippen molar-refractivity contribution in [1.29, 1.82) is 0 Å². The van der Waals surface area contributed by atoms with E-state index in [-0.39, 0.29) is 18.2 Å². The summed E-state index contributed by atoms with van der Waals surface area (Å²) in [6, 6.07) is 0.